The van der Waals surface area contributed by atoms with Gasteiger partial charge in [-0.15, -0.1) is 11.3 Å². The topological polar surface area (TPSA) is 91.1 Å². The van der Waals surface area contributed by atoms with Crippen LogP contribution in [0.4, 0.5) is 14.5 Å². The summed E-state index contributed by atoms with van der Waals surface area (Å²) in [5.74, 6) is -0.972. The first-order valence-corrected chi connectivity index (χ1v) is 16.7. The summed E-state index contributed by atoms with van der Waals surface area (Å²) >= 11 is 1.47. The number of nitrogens with zero attached hydrogens (tertiary/aromatic N) is 3. The number of alkyl halides is 1. The van der Waals surface area contributed by atoms with Gasteiger partial charge in [-0.1, -0.05) is 12.1 Å². The van der Waals surface area contributed by atoms with Gasteiger partial charge in [-0.2, -0.15) is 5.26 Å². The molecule has 214 valence electrons. The summed E-state index contributed by atoms with van der Waals surface area (Å²) in [6, 6.07) is 16.3. The lowest BCUT2D eigenvalue weighted by Gasteiger charge is -2.32. The van der Waals surface area contributed by atoms with Crippen LogP contribution in [0.5, 0.6) is 0 Å². The molecule has 0 amide bonds. The molecule has 2 aliphatic carbocycles. The lowest BCUT2D eigenvalue weighted by molar-refractivity contribution is -0.126. The summed E-state index contributed by atoms with van der Waals surface area (Å²) < 4.78 is 52.1. The number of halogens is 2. The number of nitriles is 1. The summed E-state index contributed by atoms with van der Waals surface area (Å²) in [5, 5.41) is 10.3. The number of aromatic nitrogens is 1. The van der Waals surface area contributed by atoms with Crippen LogP contribution >= 0.6 is 11.3 Å². The first-order chi connectivity index (χ1) is 19.7. The van der Waals surface area contributed by atoms with Crippen LogP contribution in [0.15, 0.2) is 48.5 Å². The molecule has 3 aliphatic rings. The van der Waals surface area contributed by atoms with Crippen LogP contribution in [0.2, 0.25) is 0 Å². The van der Waals surface area contributed by atoms with Crippen molar-refractivity contribution < 1.29 is 22.0 Å². The van der Waals surface area contributed by atoms with Crippen molar-refractivity contribution in [3.05, 3.63) is 60.0 Å². The zero-order valence-corrected chi connectivity index (χ0v) is 24.2. The van der Waals surface area contributed by atoms with E-state index in [1.165, 1.54) is 23.5 Å². The normalized spacial score (nSPS) is 24.9. The molecule has 1 saturated heterocycles. The van der Waals surface area contributed by atoms with Crippen LogP contribution in [0, 0.1) is 28.5 Å². The molecule has 6 nitrogen and oxygen atoms in total. The van der Waals surface area contributed by atoms with Crippen molar-refractivity contribution in [2.24, 2.45) is 11.3 Å². The second-order valence-corrected chi connectivity index (χ2v) is 14.9. The molecule has 6 rings (SSSR count). The van der Waals surface area contributed by atoms with E-state index >= 15 is 0 Å². The molecule has 2 aromatic carbocycles. The van der Waals surface area contributed by atoms with Crippen molar-refractivity contribution in [1.82, 2.24) is 4.98 Å². The third-order valence-corrected chi connectivity index (χ3v) is 11.5. The van der Waals surface area contributed by atoms with Gasteiger partial charge in [0.25, 0.3) is 0 Å². The average molecular weight is 596 g/mol. The maximum Gasteiger partial charge on any atom is 0.153 e. The lowest BCUT2D eigenvalue weighted by atomic mass is 9.72. The molecule has 2 heterocycles. The van der Waals surface area contributed by atoms with Crippen molar-refractivity contribution in [2.45, 2.75) is 50.6 Å². The fourth-order valence-corrected chi connectivity index (χ4v) is 8.39. The molecule has 41 heavy (non-hydrogen) atoms. The minimum absolute atomic E-state index is 0.0610. The lowest BCUT2D eigenvalue weighted by Crippen LogP contribution is -2.40. The summed E-state index contributed by atoms with van der Waals surface area (Å²) in [6.45, 7) is 0.894. The molecule has 0 radical (unpaired) electrons. The Kier molecular flexibility index (Phi) is 7.45. The zero-order chi connectivity index (χ0) is 28.8. The van der Waals surface area contributed by atoms with Crippen LogP contribution in [0.1, 0.15) is 50.1 Å². The highest BCUT2D eigenvalue weighted by Crippen LogP contribution is 2.52. The van der Waals surface area contributed by atoms with E-state index in [9.17, 15) is 27.3 Å². The minimum atomic E-state index is -2.99. The molecule has 0 spiro atoms. The van der Waals surface area contributed by atoms with Crippen LogP contribution in [0.25, 0.3) is 21.0 Å². The van der Waals surface area contributed by atoms with Gasteiger partial charge in [0.1, 0.15) is 22.8 Å². The highest BCUT2D eigenvalue weighted by Gasteiger charge is 2.48. The molecule has 0 unspecified atom stereocenters. The monoisotopic (exact) mass is 595 g/mol. The Labute approximate surface area is 242 Å². The second kappa shape index (κ2) is 10.9. The van der Waals surface area contributed by atoms with Gasteiger partial charge in [0, 0.05) is 42.6 Å². The molecule has 0 bridgehead atoms. The number of sulfone groups is 1. The third kappa shape index (κ3) is 5.93. The molecular formula is C31H31F2N3O3S2. The molecule has 1 aromatic heterocycles. The highest BCUT2D eigenvalue weighted by atomic mass is 32.2. The standard InChI is InChI=1S/C31H31F2N3O3S2/c32-22-5-1-21(2-6-22)30-35-28(25-10-7-23(33)17-26(25)27(37)18-31(19-34)11-12-31)29(40-30)20-3-8-24(9-4-20)36-13-15-41(38,39)16-14-36/h1-6,8-9,23,25-26H,7,10-18H2/t23-,25-,26-/m1/s1. The summed E-state index contributed by atoms with van der Waals surface area (Å²) in [6.07, 6.45) is 1.46. The van der Waals surface area contributed by atoms with Gasteiger partial charge < -0.3 is 4.90 Å². The van der Waals surface area contributed by atoms with Crippen molar-refractivity contribution in [3.8, 4) is 27.1 Å². The maximum atomic E-state index is 14.7. The predicted octanol–water partition coefficient (Wildman–Crippen LogP) is 6.34. The van der Waals surface area contributed by atoms with Gasteiger partial charge in [-0.05, 0) is 74.1 Å². The molecule has 3 atom stereocenters. The molecule has 0 N–H and O–H groups in total. The quantitative estimate of drug-likeness (QED) is 0.317. The van der Waals surface area contributed by atoms with Crippen molar-refractivity contribution in [3.63, 3.8) is 0 Å². The van der Waals surface area contributed by atoms with E-state index < -0.39 is 27.3 Å². The number of Topliss-reactive ketones (excluding diaryl/α,β-unsaturated/α-hetero) is 1. The molecule has 3 aromatic rings. The largest absolute Gasteiger partial charge is 0.369 e. The fourth-order valence-electron chi connectivity index (χ4n) is 6.05. The average Bonchev–Trinajstić information content (AvgIpc) is 3.60. The van der Waals surface area contributed by atoms with E-state index in [1.54, 1.807) is 12.1 Å². The number of thiazole rings is 1. The minimum Gasteiger partial charge on any atom is -0.369 e. The van der Waals surface area contributed by atoms with E-state index in [2.05, 4.69) is 11.0 Å². The Bertz CT molecular complexity index is 1580. The number of anilines is 1. The van der Waals surface area contributed by atoms with Crippen LogP contribution < -0.4 is 4.90 Å². The number of rotatable bonds is 7. The van der Waals surface area contributed by atoms with Crippen LogP contribution in [-0.4, -0.2) is 50.0 Å². The molecule has 10 heteroatoms. The molecule has 2 saturated carbocycles. The predicted molar refractivity (Wildman–Crippen MR) is 156 cm³/mol. The van der Waals surface area contributed by atoms with E-state index in [1.807, 2.05) is 24.3 Å². The third-order valence-electron chi connectivity index (χ3n) is 8.74. The van der Waals surface area contributed by atoms with Gasteiger partial charge in [0.15, 0.2) is 9.84 Å². The van der Waals surface area contributed by atoms with Crippen LogP contribution in [-0.2, 0) is 14.6 Å². The number of hydrogen-bond acceptors (Lipinski definition) is 7. The fraction of sp³-hybridized carbons (Fsp3) is 0.452. The first kappa shape index (κ1) is 28.0. The second-order valence-electron chi connectivity index (χ2n) is 11.6. The van der Waals surface area contributed by atoms with Crippen molar-refractivity contribution in [2.75, 3.05) is 29.5 Å². The van der Waals surface area contributed by atoms with E-state index in [0.717, 1.165) is 27.4 Å². The zero-order valence-electron chi connectivity index (χ0n) is 22.6. The Morgan fingerprint density at radius 3 is 2.34 bits per heavy atom. The first-order valence-electron chi connectivity index (χ1n) is 14.1. The maximum absolute atomic E-state index is 14.7. The summed E-state index contributed by atoms with van der Waals surface area (Å²) in [5.41, 5.74) is 2.75. The smallest absolute Gasteiger partial charge is 0.153 e. The van der Waals surface area contributed by atoms with Gasteiger partial charge in [0.2, 0.25) is 0 Å². The summed E-state index contributed by atoms with van der Waals surface area (Å²) in [4.78, 5) is 21.5. The molecular weight excluding hydrogens is 564 g/mol. The SMILES string of the molecule is N#CC1(CC(=O)[C@@H]2C[C@H](F)CC[C@H]2c2nc(-c3ccc(F)cc3)sc2-c2ccc(N3CCS(=O)(=O)CC3)cc2)CC1. The number of ketones is 1. The summed E-state index contributed by atoms with van der Waals surface area (Å²) in [7, 11) is -2.99. The Hall–Kier alpha value is -3.16. The van der Waals surface area contributed by atoms with E-state index in [4.69, 9.17) is 4.98 Å². The number of carbonyl (C=O) groups excluding carboxylic acids is 1. The molecule has 3 fully saturated rings. The number of carbonyl (C=O) groups is 1. The van der Waals surface area contributed by atoms with Gasteiger partial charge in [0.05, 0.1) is 33.6 Å². The van der Waals surface area contributed by atoms with Gasteiger partial charge in [-0.25, -0.2) is 22.2 Å². The number of hydrogen-bond donors (Lipinski definition) is 0. The van der Waals surface area contributed by atoms with E-state index in [-0.39, 0.29) is 41.9 Å². The van der Waals surface area contributed by atoms with Gasteiger partial charge >= 0.3 is 0 Å². The Balaban J connectivity index is 1.36. The van der Waals surface area contributed by atoms with Crippen molar-refractivity contribution >= 4 is 32.6 Å². The molecule has 1 aliphatic heterocycles. The van der Waals surface area contributed by atoms with E-state index in [0.29, 0.717) is 43.8 Å². The van der Waals surface area contributed by atoms with Gasteiger partial charge in [-0.3, -0.25) is 4.79 Å². The highest BCUT2D eigenvalue weighted by molar-refractivity contribution is 7.91. The Morgan fingerprint density at radius 1 is 1.05 bits per heavy atom. The Morgan fingerprint density at radius 2 is 1.71 bits per heavy atom. The number of benzene rings is 2. The van der Waals surface area contributed by atoms with Crippen molar-refractivity contribution in [1.29, 1.82) is 5.26 Å². The van der Waals surface area contributed by atoms with Crippen LogP contribution in [0.3, 0.4) is 0 Å².